The van der Waals surface area contributed by atoms with Crippen molar-refractivity contribution in [2.45, 2.75) is 6.42 Å². The van der Waals surface area contributed by atoms with Gasteiger partial charge in [-0.2, -0.15) is 0 Å². The highest BCUT2D eigenvalue weighted by Gasteiger charge is 2.07. The molecule has 0 amide bonds. The van der Waals surface area contributed by atoms with Gasteiger partial charge in [-0.3, -0.25) is 0 Å². The summed E-state index contributed by atoms with van der Waals surface area (Å²) in [5.41, 5.74) is 1.19. The van der Waals surface area contributed by atoms with Gasteiger partial charge in [0.05, 0.1) is 13.7 Å². The zero-order chi connectivity index (χ0) is 11.1. The Morgan fingerprint density at radius 1 is 1.20 bits per heavy atom. The highest BCUT2D eigenvalue weighted by molar-refractivity contribution is 5.27. The number of hydrogen-bond acceptors (Lipinski definition) is 3. The maximum absolute atomic E-state index is 9.11. The Bertz CT molecular complexity index is 269. The molecule has 1 atom stereocenters. The molecule has 0 heterocycles. The average Bonchev–Trinajstić information content (AvgIpc) is 2.29. The third-order valence-corrected chi connectivity index (χ3v) is 2.34. The van der Waals surface area contributed by atoms with Crippen LogP contribution in [0, 0.1) is 5.92 Å². The third kappa shape index (κ3) is 3.90. The van der Waals surface area contributed by atoms with Crippen molar-refractivity contribution in [2.75, 3.05) is 27.4 Å². The summed E-state index contributed by atoms with van der Waals surface area (Å²) in [6.45, 7) is 0.738. The molecule has 0 radical (unpaired) electrons. The van der Waals surface area contributed by atoms with Gasteiger partial charge in [0.2, 0.25) is 0 Å². The van der Waals surface area contributed by atoms with Crippen molar-refractivity contribution in [3.8, 4) is 5.75 Å². The minimum atomic E-state index is 0.153. The van der Waals surface area contributed by atoms with Gasteiger partial charge in [0.1, 0.15) is 5.75 Å². The van der Waals surface area contributed by atoms with Gasteiger partial charge in [-0.1, -0.05) is 12.1 Å². The van der Waals surface area contributed by atoms with Gasteiger partial charge >= 0.3 is 0 Å². The van der Waals surface area contributed by atoms with Crippen LogP contribution in [-0.4, -0.2) is 32.5 Å². The van der Waals surface area contributed by atoms with E-state index in [0.29, 0.717) is 6.61 Å². The van der Waals surface area contributed by atoms with E-state index in [-0.39, 0.29) is 12.5 Å². The topological polar surface area (TPSA) is 38.7 Å². The van der Waals surface area contributed by atoms with E-state index < -0.39 is 0 Å². The van der Waals surface area contributed by atoms with Gasteiger partial charge < -0.3 is 14.6 Å². The van der Waals surface area contributed by atoms with Crippen LogP contribution in [0.3, 0.4) is 0 Å². The molecule has 1 aromatic rings. The van der Waals surface area contributed by atoms with Crippen molar-refractivity contribution < 1.29 is 14.6 Å². The Morgan fingerprint density at radius 2 is 1.87 bits per heavy atom. The van der Waals surface area contributed by atoms with Crippen molar-refractivity contribution in [3.05, 3.63) is 29.8 Å². The molecule has 15 heavy (non-hydrogen) atoms. The van der Waals surface area contributed by atoms with E-state index in [9.17, 15) is 0 Å². The van der Waals surface area contributed by atoms with Crippen molar-refractivity contribution in [2.24, 2.45) is 5.92 Å². The molecular weight excluding hydrogens is 192 g/mol. The molecule has 0 aromatic heterocycles. The molecule has 1 unspecified atom stereocenters. The summed E-state index contributed by atoms with van der Waals surface area (Å²) in [6, 6.07) is 7.88. The molecule has 0 fully saturated rings. The molecule has 0 bridgehead atoms. The standard InChI is InChI=1S/C12H18O3/c1-14-9-11(8-13)7-10-3-5-12(15-2)6-4-10/h3-6,11,13H,7-9H2,1-2H3. The molecule has 3 heteroatoms. The molecule has 3 nitrogen and oxygen atoms in total. The van der Waals surface area contributed by atoms with Crippen molar-refractivity contribution in [3.63, 3.8) is 0 Å². The van der Waals surface area contributed by atoms with Crippen molar-refractivity contribution in [1.82, 2.24) is 0 Å². The maximum atomic E-state index is 9.11. The van der Waals surface area contributed by atoms with Crippen LogP contribution < -0.4 is 4.74 Å². The fourth-order valence-electron chi connectivity index (χ4n) is 1.51. The van der Waals surface area contributed by atoms with Crippen molar-refractivity contribution in [1.29, 1.82) is 0 Å². The number of hydrogen-bond donors (Lipinski definition) is 1. The molecule has 0 aliphatic rings. The fraction of sp³-hybridized carbons (Fsp3) is 0.500. The van der Waals surface area contributed by atoms with Gasteiger partial charge in [-0.15, -0.1) is 0 Å². The highest BCUT2D eigenvalue weighted by Crippen LogP contribution is 2.14. The van der Waals surface area contributed by atoms with Crippen LogP contribution in [0.25, 0.3) is 0 Å². The summed E-state index contributed by atoms with van der Waals surface area (Å²) in [6.07, 6.45) is 0.828. The largest absolute Gasteiger partial charge is 0.497 e. The predicted octanol–water partition coefficient (Wildman–Crippen LogP) is 1.49. The lowest BCUT2D eigenvalue weighted by Crippen LogP contribution is -2.15. The monoisotopic (exact) mass is 210 g/mol. The van der Waals surface area contributed by atoms with E-state index in [0.717, 1.165) is 12.2 Å². The number of benzene rings is 1. The number of ether oxygens (including phenoxy) is 2. The molecule has 1 rings (SSSR count). The molecule has 0 saturated heterocycles. The first kappa shape index (κ1) is 12.0. The van der Waals surface area contributed by atoms with Crippen LogP contribution in [-0.2, 0) is 11.2 Å². The Balaban J connectivity index is 2.55. The zero-order valence-electron chi connectivity index (χ0n) is 9.27. The molecule has 0 saturated carbocycles. The molecule has 84 valence electrons. The molecule has 1 aromatic carbocycles. The van der Waals surface area contributed by atoms with E-state index in [1.54, 1.807) is 14.2 Å². The predicted molar refractivity (Wildman–Crippen MR) is 59.1 cm³/mol. The van der Waals surface area contributed by atoms with Crippen LogP contribution in [0.15, 0.2) is 24.3 Å². The lowest BCUT2D eigenvalue weighted by atomic mass is 10.0. The van der Waals surface area contributed by atoms with Crippen molar-refractivity contribution >= 4 is 0 Å². The highest BCUT2D eigenvalue weighted by atomic mass is 16.5. The first-order valence-electron chi connectivity index (χ1n) is 5.03. The van der Waals surface area contributed by atoms with Crippen LogP contribution >= 0.6 is 0 Å². The summed E-state index contributed by atoms with van der Waals surface area (Å²) in [5.74, 6) is 1.02. The number of aliphatic hydroxyl groups is 1. The third-order valence-electron chi connectivity index (χ3n) is 2.34. The second-order valence-corrected chi connectivity index (χ2v) is 3.56. The number of methoxy groups -OCH3 is 2. The summed E-state index contributed by atoms with van der Waals surface area (Å²) in [4.78, 5) is 0. The first-order chi connectivity index (χ1) is 7.30. The van der Waals surface area contributed by atoms with Gasteiger partial charge in [0, 0.05) is 19.6 Å². The smallest absolute Gasteiger partial charge is 0.118 e. The zero-order valence-corrected chi connectivity index (χ0v) is 9.27. The van der Waals surface area contributed by atoms with Gasteiger partial charge in [0.25, 0.3) is 0 Å². The van der Waals surface area contributed by atoms with E-state index in [1.165, 1.54) is 5.56 Å². The number of aliphatic hydroxyl groups excluding tert-OH is 1. The van der Waals surface area contributed by atoms with E-state index >= 15 is 0 Å². The van der Waals surface area contributed by atoms with E-state index in [4.69, 9.17) is 14.6 Å². The Hall–Kier alpha value is -1.06. The summed E-state index contributed by atoms with van der Waals surface area (Å²) in [7, 11) is 3.30. The van der Waals surface area contributed by atoms with E-state index in [2.05, 4.69) is 0 Å². The molecule has 0 spiro atoms. The number of rotatable bonds is 6. The maximum Gasteiger partial charge on any atom is 0.118 e. The quantitative estimate of drug-likeness (QED) is 0.773. The molecule has 0 aliphatic heterocycles. The van der Waals surface area contributed by atoms with Gasteiger partial charge in [-0.05, 0) is 24.1 Å². The molecule has 0 aliphatic carbocycles. The van der Waals surface area contributed by atoms with E-state index in [1.807, 2.05) is 24.3 Å². The average molecular weight is 210 g/mol. The van der Waals surface area contributed by atoms with Crippen LogP contribution in [0.1, 0.15) is 5.56 Å². The molecule has 1 N–H and O–H groups in total. The van der Waals surface area contributed by atoms with Gasteiger partial charge in [0.15, 0.2) is 0 Å². The summed E-state index contributed by atoms with van der Waals surface area (Å²) < 4.78 is 10.1. The normalized spacial score (nSPS) is 12.5. The lowest BCUT2D eigenvalue weighted by molar-refractivity contribution is 0.110. The first-order valence-corrected chi connectivity index (χ1v) is 5.03. The lowest BCUT2D eigenvalue weighted by Gasteiger charge is -2.12. The molecular formula is C12H18O3. The second-order valence-electron chi connectivity index (χ2n) is 3.56. The summed E-state index contributed by atoms with van der Waals surface area (Å²) in [5, 5.41) is 9.11. The van der Waals surface area contributed by atoms with Crippen LogP contribution in [0.5, 0.6) is 5.75 Å². The minimum absolute atomic E-state index is 0.153. The van der Waals surface area contributed by atoms with Crippen LogP contribution in [0.2, 0.25) is 0 Å². The fourth-order valence-corrected chi connectivity index (χ4v) is 1.51. The Kier molecular flexibility index (Phi) is 5.15. The van der Waals surface area contributed by atoms with Gasteiger partial charge in [-0.25, -0.2) is 0 Å². The summed E-state index contributed by atoms with van der Waals surface area (Å²) >= 11 is 0. The Morgan fingerprint density at radius 3 is 2.33 bits per heavy atom. The SMILES string of the molecule is COCC(CO)Cc1ccc(OC)cc1. The van der Waals surface area contributed by atoms with Crippen LogP contribution in [0.4, 0.5) is 0 Å². The minimum Gasteiger partial charge on any atom is -0.497 e. The second kappa shape index (κ2) is 6.43. The Labute approximate surface area is 90.6 Å².